The average molecular weight is 351 g/mol. The first-order valence-corrected chi connectivity index (χ1v) is 7.73. The van der Waals surface area contributed by atoms with E-state index in [9.17, 15) is 4.79 Å². The molecule has 1 amide bonds. The lowest BCUT2D eigenvalue weighted by atomic mass is 10.2. The number of hydrogen-bond donors (Lipinski definition) is 1. The molecule has 1 heterocycles. The summed E-state index contributed by atoms with van der Waals surface area (Å²) in [5.74, 6) is 0.0351. The van der Waals surface area contributed by atoms with Crippen molar-refractivity contribution in [2.45, 2.75) is 12.6 Å². The number of carbonyl (C=O) groups excluding carboxylic acids is 1. The Bertz CT molecular complexity index is 543. The second-order valence-corrected chi connectivity index (χ2v) is 6.02. The highest BCUT2D eigenvalue weighted by molar-refractivity contribution is 9.10. The predicted octanol–water partition coefficient (Wildman–Crippen LogP) is 1.20. The molecule has 1 unspecified atom stereocenters. The van der Waals surface area contributed by atoms with Crippen LogP contribution in [-0.2, 0) is 11.3 Å². The van der Waals surface area contributed by atoms with E-state index in [1.54, 1.807) is 11.9 Å². The van der Waals surface area contributed by atoms with E-state index in [0.29, 0.717) is 19.6 Å². The van der Waals surface area contributed by atoms with Crippen molar-refractivity contribution in [2.75, 3.05) is 33.2 Å². The number of piperazine rings is 1. The third-order valence-electron chi connectivity index (χ3n) is 3.63. The second-order valence-electron chi connectivity index (χ2n) is 5.16. The number of amides is 1. The fourth-order valence-electron chi connectivity index (χ4n) is 2.33. The molecule has 21 heavy (non-hydrogen) atoms. The van der Waals surface area contributed by atoms with Crippen molar-refractivity contribution in [3.05, 3.63) is 34.3 Å². The van der Waals surface area contributed by atoms with Gasteiger partial charge in [-0.1, -0.05) is 34.1 Å². The van der Waals surface area contributed by atoms with E-state index in [1.807, 2.05) is 29.2 Å². The third kappa shape index (κ3) is 4.27. The van der Waals surface area contributed by atoms with Crippen LogP contribution in [0.15, 0.2) is 28.7 Å². The summed E-state index contributed by atoms with van der Waals surface area (Å²) < 4.78 is 1.00. The topological polar surface area (TPSA) is 59.4 Å². The molecule has 1 atom stereocenters. The monoisotopic (exact) mass is 350 g/mol. The minimum Gasteiger partial charge on any atom is -0.340 e. The van der Waals surface area contributed by atoms with E-state index in [1.165, 1.54) is 0 Å². The van der Waals surface area contributed by atoms with Gasteiger partial charge in [-0.2, -0.15) is 5.26 Å². The standard InChI is InChI=1S/C15H19BrN4O/c1-19(10-12-4-2-3-5-14(12)16)15(21)11-20-7-6-18-9-13(20)8-17/h2-5,13,18H,6-7,9-11H2,1H3. The predicted molar refractivity (Wildman–Crippen MR) is 84.5 cm³/mol. The van der Waals surface area contributed by atoms with Crippen LogP contribution in [0.4, 0.5) is 0 Å². The molecule has 1 fully saturated rings. The number of hydrogen-bond acceptors (Lipinski definition) is 4. The first-order valence-electron chi connectivity index (χ1n) is 6.93. The van der Waals surface area contributed by atoms with Crippen LogP contribution >= 0.6 is 15.9 Å². The SMILES string of the molecule is CN(Cc1ccccc1Br)C(=O)CN1CCNCC1C#N. The van der Waals surface area contributed by atoms with Gasteiger partial charge < -0.3 is 10.2 Å². The smallest absolute Gasteiger partial charge is 0.236 e. The molecule has 6 heteroatoms. The van der Waals surface area contributed by atoms with Crippen molar-refractivity contribution >= 4 is 21.8 Å². The molecule has 0 aliphatic carbocycles. The van der Waals surface area contributed by atoms with Gasteiger partial charge in [0, 0.05) is 37.7 Å². The van der Waals surface area contributed by atoms with Crippen LogP contribution in [0.2, 0.25) is 0 Å². The van der Waals surface area contributed by atoms with Crippen LogP contribution in [0.1, 0.15) is 5.56 Å². The zero-order valence-electron chi connectivity index (χ0n) is 12.1. The number of nitrogens with one attached hydrogen (secondary N) is 1. The molecule has 1 aromatic rings. The van der Waals surface area contributed by atoms with E-state index >= 15 is 0 Å². The minimum absolute atomic E-state index is 0.0351. The number of carbonyl (C=O) groups is 1. The lowest BCUT2D eigenvalue weighted by molar-refractivity contribution is -0.132. The molecule has 112 valence electrons. The van der Waals surface area contributed by atoms with Gasteiger partial charge in [0.15, 0.2) is 0 Å². The van der Waals surface area contributed by atoms with E-state index in [0.717, 1.165) is 23.1 Å². The number of nitrogens with zero attached hydrogens (tertiary/aromatic N) is 3. The number of halogens is 1. The van der Waals surface area contributed by atoms with Gasteiger partial charge in [0.05, 0.1) is 12.6 Å². The highest BCUT2D eigenvalue weighted by Crippen LogP contribution is 2.17. The van der Waals surface area contributed by atoms with Crippen LogP contribution in [-0.4, -0.2) is 55.0 Å². The molecular formula is C15H19BrN4O. The van der Waals surface area contributed by atoms with E-state index < -0.39 is 0 Å². The highest BCUT2D eigenvalue weighted by Gasteiger charge is 2.24. The van der Waals surface area contributed by atoms with Gasteiger partial charge in [0.2, 0.25) is 5.91 Å². The second kappa shape index (κ2) is 7.55. The van der Waals surface area contributed by atoms with Crippen molar-refractivity contribution in [2.24, 2.45) is 0 Å². The molecule has 2 rings (SSSR count). The Kier molecular flexibility index (Phi) is 5.74. The number of nitriles is 1. The first-order chi connectivity index (χ1) is 10.1. The zero-order chi connectivity index (χ0) is 15.2. The molecule has 0 radical (unpaired) electrons. The van der Waals surface area contributed by atoms with Gasteiger partial charge in [-0.15, -0.1) is 0 Å². The lowest BCUT2D eigenvalue weighted by Crippen LogP contribution is -2.53. The summed E-state index contributed by atoms with van der Waals surface area (Å²) in [4.78, 5) is 16.0. The summed E-state index contributed by atoms with van der Waals surface area (Å²) in [6.45, 7) is 3.02. The Morgan fingerprint density at radius 2 is 2.33 bits per heavy atom. The van der Waals surface area contributed by atoms with Crippen LogP contribution in [0.5, 0.6) is 0 Å². The van der Waals surface area contributed by atoms with Crippen molar-refractivity contribution < 1.29 is 4.79 Å². The van der Waals surface area contributed by atoms with E-state index in [4.69, 9.17) is 5.26 Å². The summed E-state index contributed by atoms with van der Waals surface area (Å²) in [5, 5.41) is 12.3. The summed E-state index contributed by atoms with van der Waals surface area (Å²) in [6, 6.07) is 9.90. The Hall–Kier alpha value is -1.42. The Morgan fingerprint density at radius 1 is 1.57 bits per heavy atom. The molecule has 0 spiro atoms. The Morgan fingerprint density at radius 3 is 3.05 bits per heavy atom. The zero-order valence-corrected chi connectivity index (χ0v) is 13.6. The Balaban J connectivity index is 1.93. The van der Waals surface area contributed by atoms with Gasteiger partial charge in [-0.3, -0.25) is 9.69 Å². The maximum Gasteiger partial charge on any atom is 0.236 e. The first kappa shape index (κ1) is 16.0. The van der Waals surface area contributed by atoms with Crippen LogP contribution in [0.25, 0.3) is 0 Å². The molecule has 1 N–H and O–H groups in total. The van der Waals surface area contributed by atoms with Crippen molar-refractivity contribution in [1.29, 1.82) is 5.26 Å². The fourth-order valence-corrected chi connectivity index (χ4v) is 2.74. The number of benzene rings is 1. The summed E-state index contributed by atoms with van der Waals surface area (Å²) in [7, 11) is 1.80. The van der Waals surface area contributed by atoms with Crippen LogP contribution in [0, 0.1) is 11.3 Å². The van der Waals surface area contributed by atoms with Gasteiger partial charge in [-0.25, -0.2) is 0 Å². The van der Waals surface area contributed by atoms with E-state index in [-0.39, 0.29) is 11.9 Å². The van der Waals surface area contributed by atoms with E-state index in [2.05, 4.69) is 27.3 Å². The van der Waals surface area contributed by atoms with Gasteiger partial charge in [-0.05, 0) is 11.6 Å². The maximum absolute atomic E-state index is 12.3. The molecule has 0 aromatic heterocycles. The normalized spacial score (nSPS) is 19.0. The van der Waals surface area contributed by atoms with Crippen molar-refractivity contribution in [3.63, 3.8) is 0 Å². The maximum atomic E-state index is 12.3. The average Bonchev–Trinajstić information content (AvgIpc) is 2.50. The molecule has 0 bridgehead atoms. The number of rotatable bonds is 4. The van der Waals surface area contributed by atoms with Crippen LogP contribution in [0.3, 0.4) is 0 Å². The summed E-state index contributed by atoms with van der Waals surface area (Å²) >= 11 is 3.49. The largest absolute Gasteiger partial charge is 0.340 e. The summed E-state index contributed by atoms with van der Waals surface area (Å²) in [5.41, 5.74) is 1.07. The van der Waals surface area contributed by atoms with Gasteiger partial charge in [0.25, 0.3) is 0 Å². The molecule has 1 aliphatic heterocycles. The summed E-state index contributed by atoms with van der Waals surface area (Å²) in [6.07, 6.45) is 0. The van der Waals surface area contributed by atoms with Gasteiger partial charge in [0.1, 0.15) is 6.04 Å². The molecule has 1 aromatic carbocycles. The Labute approximate surface area is 133 Å². The molecule has 5 nitrogen and oxygen atoms in total. The van der Waals surface area contributed by atoms with Crippen LogP contribution < -0.4 is 5.32 Å². The van der Waals surface area contributed by atoms with Crippen molar-refractivity contribution in [1.82, 2.24) is 15.1 Å². The minimum atomic E-state index is -0.223. The molecule has 1 aliphatic rings. The fraction of sp³-hybridized carbons (Fsp3) is 0.467. The quantitative estimate of drug-likeness (QED) is 0.886. The van der Waals surface area contributed by atoms with Gasteiger partial charge >= 0.3 is 0 Å². The van der Waals surface area contributed by atoms with Crippen molar-refractivity contribution in [3.8, 4) is 6.07 Å². The highest BCUT2D eigenvalue weighted by atomic mass is 79.9. The molecule has 1 saturated heterocycles. The molecule has 0 saturated carbocycles. The number of likely N-dealkylation sites (N-methyl/N-ethyl adjacent to an activating group) is 1. The third-order valence-corrected chi connectivity index (χ3v) is 4.41. The lowest BCUT2D eigenvalue weighted by Gasteiger charge is -2.32. The molecular weight excluding hydrogens is 332 g/mol.